The second-order valence-corrected chi connectivity index (χ2v) is 5.47. The van der Waals surface area contributed by atoms with Crippen molar-refractivity contribution >= 4 is 28.1 Å². The van der Waals surface area contributed by atoms with Crippen LogP contribution < -0.4 is 19.6 Å². The minimum absolute atomic E-state index is 0.368. The number of benzene rings is 1. The maximum atomic E-state index is 12.0. The van der Waals surface area contributed by atoms with Gasteiger partial charge in [0.15, 0.2) is 11.5 Å². The summed E-state index contributed by atoms with van der Waals surface area (Å²) >= 11 is 3.26. The highest BCUT2D eigenvalue weighted by Gasteiger charge is 2.12. The topological polar surface area (TPSA) is 82.0 Å². The van der Waals surface area contributed by atoms with E-state index in [1.807, 2.05) is 0 Å². The number of nitrogens with one attached hydrogen (secondary N) is 1. The van der Waals surface area contributed by atoms with Crippen LogP contribution in [0.5, 0.6) is 17.2 Å². The molecule has 126 valence electrons. The molecule has 8 heteroatoms. The van der Waals surface area contributed by atoms with Crippen molar-refractivity contribution in [2.24, 2.45) is 5.10 Å². The Balaban J connectivity index is 2.15. The fraction of sp³-hybridized carbons (Fsp3) is 0.188. The van der Waals surface area contributed by atoms with Gasteiger partial charge in [-0.25, -0.2) is 5.43 Å². The highest BCUT2D eigenvalue weighted by Crippen LogP contribution is 2.37. The first-order valence-electron chi connectivity index (χ1n) is 6.83. The Morgan fingerprint density at radius 1 is 1.12 bits per heavy atom. The molecular formula is C16H16BrN3O4. The van der Waals surface area contributed by atoms with E-state index in [1.165, 1.54) is 33.7 Å². The van der Waals surface area contributed by atoms with Crippen molar-refractivity contribution < 1.29 is 19.0 Å². The lowest BCUT2D eigenvalue weighted by atomic mass is 10.2. The van der Waals surface area contributed by atoms with E-state index in [4.69, 9.17) is 14.2 Å². The van der Waals surface area contributed by atoms with Gasteiger partial charge in [-0.3, -0.25) is 9.78 Å². The molecular weight excluding hydrogens is 378 g/mol. The van der Waals surface area contributed by atoms with Gasteiger partial charge in [0.05, 0.1) is 33.1 Å². The van der Waals surface area contributed by atoms with E-state index in [0.29, 0.717) is 32.8 Å². The van der Waals surface area contributed by atoms with Crippen molar-refractivity contribution in [2.75, 3.05) is 21.3 Å². The average molecular weight is 394 g/mol. The summed E-state index contributed by atoms with van der Waals surface area (Å²) in [5.41, 5.74) is 3.51. The van der Waals surface area contributed by atoms with Gasteiger partial charge in [-0.2, -0.15) is 5.10 Å². The quantitative estimate of drug-likeness (QED) is 0.602. The van der Waals surface area contributed by atoms with E-state index in [9.17, 15) is 4.79 Å². The fourth-order valence-corrected chi connectivity index (χ4v) is 2.31. The van der Waals surface area contributed by atoms with Gasteiger partial charge in [-0.15, -0.1) is 0 Å². The van der Waals surface area contributed by atoms with Gasteiger partial charge in [-0.1, -0.05) is 0 Å². The number of pyridine rings is 1. The number of aromatic nitrogens is 1. The van der Waals surface area contributed by atoms with Crippen LogP contribution in [-0.2, 0) is 0 Å². The number of hydrogen-bond acceptors (Lipinski definition) is 6. The Morgan fingerprint density at radius 3 is 2.33 bits per heavy atom. The molecule has 0 aliphatic carbocycles. The fourth-order valence-electron chi connectivity index (χ4n) is 1.94. The summed E-state index contributed by atoms with van der Waals surface area (Å²) in [6.45, 7) is 0. The highest BCUT2D eigenvalue weighted by atomic mass is 79.9. The molecule has 24 heavy (non-hydrogen) atoms. The van der Waals surface area contributed by atoms with Crippen LogP contribution in [0.15, 0.2) is 40.2 Å². The summed E-state index contributed by atoms with van der Waals surface area (Å²) in [5, 5.41) is 3.93. The van der Waals surface area contributed by atoms with Crippen LogP contribution in [0.2, 0.25) is 0 Å². The molecule has 1 heterocycles. The average Bonchev–Trinajstić information content (AvgIpc) is 2.60. The van der Waals surface area contributed by atoms with Crippen LogP contribution in [0.1, 0.15) is 15.9 Å². The number of carbonyl (C=O) groups is 1. The minimum atomic E-state index is -0.368. The normalized spacial score (nSPS) is 10.5. The number of hydrazone groups is 1. The van der Waals surface area contributed by atoms with E-state index < -0.39 is 0 Å². The third-order valence-electron chi connectivity index (χ3n) is 3.03. The number of halogens is 1. The molecule has 2 aromatic rings. The molecule has 0 atom stereocenters. The molecule has 0 aliphatic rings. The van der Waals surface area contributed by atoms with Crippen LogP contribution in [0.4, 0.5) is 0 Å². The molecule has 0 spiro atoms. The summed E-state index contributed by atoms with van der Waals surface area (Å²) in [7, 11) is 4.58. The molecule has 1 amide bonds. The number of ether oxygens (including phenoxy) is 3. The van der Waals surface area contributed by atoms with Crippen molar-refractivity contribution in [3.8, 4) is 17.2 Å². The molecule has 0 saturated heterocycles. The lowest BCUT2D eigenvalue weighted by Crippen LogP contribution is -2.17. The Hall–Kier alpha value is -2.61. The zero-order valence-corrected chi connectivity index (χ0v) is 15.0. The summed E-state index contributed by atoms with van der Waals surface area (Å²) in [6, 6.07) is 5.09. The summed E-state index contributed by atoms with van der Waals surface area (Å²) in [6.07, 6.45) is 4.53. The van der Waals surface area contributed by atoms with E-state index in [2.05, 4.69) is 31.4 Å². The second kappa shape index (κ2) is 8.30. The van der Waals surface area contributed by atoms with Gasteiger partial charge < -0.3 is 14.2 Å². The molecule has 0 aliphatic heterocycles. The largest absolute Gasteiger partial charge is 0.493 e. The highest BCUT2D eigenvalue weighted by molar-refractivity contribution is 9.10. The van der Waals surface area contributed by atoms with Crippen molar-refractivity contribution in [1.82, 2.24) is 10.4 Å². The molecule has 0 bridgehead atoms. The van der Waals surface area contributed by atoms with Crippen LogP contribution in [0, 0.1) is 0 Å². The lowest BCUT2D eigenvalue weighted by molar-refractivity contribution is 0.0954. The second-order valence-electron chi connectivity index (χ2n) is 4.55. The van der Waals surface area contributed by atoms with Crippen LogP contribution in [0.25, 0.3) is 0 Å². The number of nitrogens with zero attached hydrogens (tertiary/aromatic N) is 2. The maximum absolute atomic E-state index is 12.0. The monoisotopic (exact) mass is 393 g/mol. The van der Waals surface area contributed by atoms with Crippen molar-refractivity contribution in [1.29, 1.82) is 0 Å². The minimum Gasteiger partial charge on any atom is -0.493 e. The molecule has 0 saturated carbocycles. The molecule has 7 nitrogen and oxygen atoms in total. The number of methoxy groups -OCH3 is 3. The van der Waals surface area contributed by atoms with Gasteiger partial charge in [0.2, 0.25) is 5.75 Å². The predicted octanol–water partition coefficient (Wildman–Crippen LogP) is 2.63. The summed E-state index contributed by atoms with van der Waals surface area (Å²) < 4.78 is 16.5. The molecule has 0 radical (unpaired) electrons. The van der Waals surface area contributed by atoms with E-state index in [1.54, 1.807) is 24.4 Å². The number of rotatable bonds is 6. The van der Waals surface area contributed by atoms with Gasteiger partial charge in [0.1, 0.15) is 0 Å². The smallest absolute Gasteiger partial charge is 0.272 e. The zero-order chi connectivity index (χ0) is 17.5. The van der Waals surface area contributed by atoms with E-state index in [0.717, 1.165) is 0 Å². The van der Waals surface area contributed by atoms with Gasteiger partial charge in [-0.05, 0) is 34.1 Å². The van der Waals surface area contributed by atoms with Crippen molar-refractivity contribution in [2.45, 2.75) is 0 Å². The third kappa shape index (κ3) is 4.23. The van der Waals surface area contributed by atoms with Gasteiger partial charge >= 0.3 is 0 Å². The summed E-state index contributed by atoms with van der Waals surface area (Å²) in [4.78, 5) is 15.9. The van der Waals surface area contributed by atoms with Crippen molar-refractivity contribution in [3.05, 3.63) is 46.2 Å². The molecule has 1 aromatic heterocycles. The van der Waals surface area contributed by atoms with Crippen LogP contribution in [-0.4, -0.2) is 38.4 Å². The SMILES string of the molecule is COc1cc(/C=N/NC(=O)c2cncc(Br)c2)cc(OC)c1OC. The standard InChI is InChI=1S/C16H16BrN3O4/c1-22-13-4-10(5-14(23-2)15(13)24-3)7-19-20-16(21)11-6-12(17)9-18-8-11/h4-9H,1-3H3,(H,20,21)/b19-7+. The van der Waals surface area contributed by atoms with E-state index in [-0.39, 0.29) is 5.91 Å². The molecule has 2 rings (SSSR count). The molecule has 1 N–H and O–H groups in total. The third-order valence-corrected chi connectivity index (χ3v) is 3.47. The Kier molecular flexibility index (Phi) is 6.14. The summed E-state index contributed by atoms with van der Waals surface area (Å²) in [5.74, 6) is 1.12. The molecule has 0 fully saturated rings. The lowest BCUT2D eigenvalue weighted by Gasteiger charge is -2.12. The van der Waals surface area contributed by atoms with Gasteiger partial charge in [0, 0.05) is 22.4 Å². The van der Waals surface area contributed by atoms with Crippen LogP contribution >= 0.6 is 15.9 Å². The zero-order valence-electron chi connectivity index (χ0n) is 13.4. The van der Waals surface area contributed by atoms with Gasteiger partial charge in [0.25, 0.3) is 5.91 Å². The number of carbonyl (C=O) groups excluding carboxylic acids is 1. The Labute approximate surface area is 147 Å². The Bertz CT molecular complexity index is 740. The first-order chi connectivity index (χ1) is 11.6. The molecule has 1 aromatic carbocycles. The number of hydrogen-bond donors (Lipinski definition) is 1. The predicted molar refractivity (Wildman–Crippen MR) is 93.1 cm³/mol. The first kappa shape index (κ1) is 17.7. The van der Waals surface area contributed by atoms with E-state index >= 15 is 0 Å². The van der Waals surface area contributed by atoms with Crippen LogP contribution in [0.3, 0.4) is 0 Å². The van der Waals surface area contributed by atoms with Crippen molar-refractivity contribution in [3.63, 3.8) is 0 Å². The Morgan fingerprint density at radius 2 is 1.79 bits per heavy atom. The molecule has 0 unspecified atom stereocenters. The number of amides is 1. The maximum Gasteiger partial charge on any atom is 0.272 e. The first-order valence-corrected chi connectivity index (χ1v) is 7.62.